The molecular formula is C15H22BrCl2FN2O. The van der Waals surface area contributed by atoms with Gasteiger partial charge in [-0.05, 0) is 24.5 Å². The van der Waals surface area contributed by atoms with Gasteiger partial charge in [-0.15, -0.1) is 24.8 Å². The van der Waals surface area contributed by atoms with E-state index in [1.165, 1.54) is 18.9 Å². The number of hydrogen-bond acceptors (Lipinski definition) is 3. The zero-order chi connectivity index (χ0) is 14.1. The van der Waals surface area contributed by atoms with Gasteiger partial charge in [0.05, 0.1) is 0 Å². The first kappa shape index (κ1) is 20.0. The second-order valence-corrected chi connectivity index (χ2v) is 6.72. The molecule has 3 nitrogen and oxygen atoms in total. The first-order valence-corrected chi connectivity index (χ1v) is 8.07. The van der Waals surface area contributed by atoms with Gasteiger partial charge in [0, 0.05) is 42.3 Å². The minimum atomic E-state index is -0.537. The summed E-state index contributed by atoms with van der Waals surface area (Å²) in [5.41, 5.74) is 0.727. The third kappa shape index (κ3) is 4.71. The molecule has 2 fully saturated rings. The van der Waals surface area contributed by atoms with Gasteiger partial charge < -0.3 is 10.4 Å². The van der Waals surface area contributed by atoms with Crippen molar-refractivity contribution in [3.8, 4) is 5.75 Å². The number of benzene rings is 1. The van der Waals surface area contributed by atoms with Crippen LogP contribution in [0.15, 0.2) is 16.6 Å². The van der Waals surface area contributed by atoms with Gasteiger partial charge in [0.15, 0.2) is 11.6 Å². The Bertz CT molecular complexity index is 497. The van der Waals surface area contributed by atoms with Crippen LogP contribution in [0.5, 0.6) is 5.75 Å². The number of nitrogens with zero attached hydrogens (tertiary/aromatic N) is 1. The summed E-state index contributed by atoms with van der Waals surface area (Å²) >= 11 is 3.34. The smallest absolute Gasteiger partial charge is 0.166 e. The lowest BCUT2D eigenvalue weighted by Gasteiger charge is -2.35. The van der Waals surface area contributed by atoms with Crippen molar-refractivity contribution in [3.05, 3.63) is 28.0 Å². The van der Waals surface area contributed by atoms with E-state index in [4.69, 9.17) is 0 Å². The van der Waals surface area contributed by atoms with Crippen molar-refractivity contribution in [2.45, 2.75) is 25.3 Å². The number of piperazine rings is 1. The molecule has 0 radical (unpaired) electrons. The maximum Gasteiger partial charge on any atom is 0.166 e. The van der Waals surface area contributed by atoms with Crippen LogP contribution in [0.4, 0.5) is 4.39 Å². The Morgan fingerprint density at radius 3 is 2.50 bits per heavy atom. The quantitative estimate of drug-likeness (QED) is 0.783. The normalized spacial score (nSPS) is 19.9. The topological polar surface area (TPSA) is 35.5 Å². The van der Waals surface area contributed by atoms with Crippen LogP contribution in [0.2, 0.25) is 0 Å². The molecule has 0 amide bonds. The highest BCUT2D eigenvalue weighted by atomic mass is 79.9. The summed E-state index contributed by atoms with van der Waals surface area (Å²) in [7, 11) is 0. The standard InChI is InChI=1S/C15H20BrFN2O.2ClH/c16-11-8-12(15(20)13(17)9-11)14(7-10-1-2-10)19-5-3-18-4-6-19;;/h8-10,14,18,20H,1-7H2;2*1H/t14-;;/m0../s1. The predicted octanol–water partition coefficient (Wildman–Crippen LogP) is 3.88. The zero-order valence-electron chi connectivity index (χ0n) is 12.2. The molecule has 22 heavy (non-hydrogen) atoms. The van der Waals surface area contributed by atoms with E-state index in [-0.39, 0.29) is 36.6 Å². The lowest BCUT2D eigenvalue weighted by Crippen LogP contribution is -2.45. The van der Waals surface area contributed by atoms with Gasteiger partial charge in [-0.2, -0.15) is 0 Å². The van der Waals surface area contributed by atoms with Crippen molar-refractivity contribution in [1.82, 2.24) is 10.2 Å². The average Bonchev–Trinajstić information content (AvgIpc) is 3.25. The number of aromatic hydroxyl groups is 1. The Labute approximate surface area is 151 Å². The van der Waals surface area contributed by atoms with Gasteiger partial charge in [-0.3, -0.25) is 4.90 Å². The zero-order valence-corrected chi connectivity index (χ0v) is 15.4. The summed E-state index contributed by atoms with van der Waals surface area (Å²) in [6.07, 6.45) is 3.54. The Hall–Kier alpha value is -0.0700. The Kier molecular flexibility index (Phi) is 7.89. The lowest BCUT2D eigenvalue weighted by molar-refractivity contribution is 0.157. The van der Waals surface area contributed by atoms with E-state index >= 15 is 0 Å². The molecule has 1 atom stereocenters. The van der Waals surface area contributed by atoms with Crippen molar-refractivity contribution in [3.63, 3.8) is 0 Å². The van der Waals surface area contributed by atoms with E-state index in [1.807, 2.05) is 6.07 Å². The Morgan fingerprint density at radius 2 is 1.91 bits per heavy atom. The Balaban J connectivity index is 0.00000121. The van der Waals surface area contributed by atoms with Gasteiger partial charge in [-0.1, -0.05) is 28.8 Å². The maximum absolute atomic E-state index is 13.8. The van der Waals surface area contributed by atoms with Gasteiger partial charge in [0.2, 0.25) is 0 Å². The lowest BCUT2D eigenvalue weighted by atomic mass is 9.97. The SMILES string of the molecule is Cl.Cl.Oc1c(F)cc(Br)cc1[C@H](CC1CC1)N1CCNCC1. The molecule has 0 aromatic heterocycles. The van der Waals surface area contributed by atoms with Crippen LogP contribution in [0.1, 0.15) is 30.9 Å². The van der Waals surface area contributed by atoms with Gasteiger partial charge in [0.1, 0.15) is 0 Å². The summed E-state index contributed by atoms with van der Waals surface area (Å²) in [4.78, 5) is 2.37. The first-order valence-electron chi connectivity index (χ1n) is 7.28. The molecule has 1 aliphatic heterocycles. The van der Waals surface area contributed by atoms with Crippen LogP contribution >= 0.6 is 40.7 Å². The molecule has 1 saturated heterocycles. The van der Waals surface area contributed by atoms with Crippen molar-refractivity contribution in [2.24, 2.45) is 5.92 Å². The second-order valence-electron chi connectivity index (χ2n) is 5.81. The molecule has 1 saturated carbocycles. The monoisotopic (exact) mass is 414 g/mol. The summed E-state index contributed by atoms with van der Waals surface area (Å²) in [6, 6.07) is 3.31. The fraction of sp³-hybridized carbons (Fsp3) is 0.600. The van der Waals surface area contributed by atoms with Gasteiger partial charge in [0.25, 0.3) is 0 Å². The van der Waals surface area contributed by atoms with Crippen molar-refractivity contribution in [1.29, 1.82) is 0 Å². The molecule has 1 heterocycles. The van der Waals surface area contributed by atoms with E-state index in [2.05, 4.69) is 26.1 Å². The number of nitrogens with one attached hydrogen (secondary N) is 1. The largest absolute Gasteiger partial charge is 0.505 e. The highest BCUT2D eigenvalue weighted by molar-refractivity contribution is 9.10. The van der Waals surface area contributed by atoms with Crippen LogP contribution in [-0.2, 0) is 0 Å². The van der Waals surface area contributed by atoms with E-state index in [0.29, 0.717) is 4.47 Å². The van der Waals surface area contributed by atoms with E-state index in [1.54, 1.807) is 0 Å². The van der Waals surface area contributed by atoms with Crippen molar-refractivity contribution >= 4 is 40.7 Å². The van der Waals surface area contributed by atoms with Crippen molar-refractivity contribution < 1.29 is 9.50 Å². The number of phenols is 1. The van der Waals surface area contributed by atoms with Crippen LogP contribution in [-0.4, -0.2) is 36.2 Å². The predicted molar refractivity (Wildman–Crippen MR) is 94.8 cm³/mol. The summed E-state index contributed by atoms with van der Waals surface area (Å²) in [6.45, 7) is 3.81. The molecule has 0 bridgehead atoms. The summed E-state index contributed by atoms with van der Waals surface area (Å²) < 4.78 is 14.5. The first-order chi connectivity index (χ1) is 9.65. The molecule has 2 N–H and O–H groups in total. The number of hydrogen-bond donors (Lipinski definition) is 2. The van der Waals surface area contributed by atoms with E-state index < -0.39 is 5.82 Å². The van der Waals surface area contributed by atoms with Gasteiger partial charge >= 0.3 is 0 Å². The average molecular weight is 416 g/mol. The maximum atomic E-state index is 13.8. The van der Waals surface area contributed by atoms with Crippen LogP contribution in [0.25, 0.3) is 0 Å². The molecule has 1 aliphatic carbocycles. The molecule has 0 unspecified atom stereocenters. The number of halogens is 4. The summed E-state index contributed by atoms with van der Waals surface area (Å²) in [5, 5.41) is 13.5. The van der Waals surface area contributed by atoms with Crippen LogP contribution in [0.3, 0.4) is 0 Å². The van der Waals surface area contributed by atoms with Gasteiger partial charge in [-0.25, -0.2) is 4.39 Å². The molecular weight excluding hydrogens is 394 g/mol. The van der Waals surface area contributed by atoms with Crippen LogP contribution in [0, 0.1) is 11.7 Å². The minimum absolute atomic E-state index is 0. The minimum Gasteiger partial charge on any atom is -0.505 e. The molecule has 1 aromatic rings. The highest BCUT2D eigenvalue weighted by Gasteiger charge is 2.32. The number of phenolic OH excluding ortho intramolecular Hbond substituents is 1. The van der Waals surface area contributed by atoms with Crippen molar-refractivity contribution in [2.75, 3.05) is 26.2 Å². The number of rotatable bonds is 4. The molecule has 0 spiro atoms. The van der Waals surface area contributed by atoms with E-state index in [0.717, 1.165) is 44.1 Å². The third-order valence-corrected chi connectivity index (χ3v) is 4.72. The summed E-state index contributed by atoms with van der Waals surface area (Å²) in [5.74, 6) is 0.0130. The van der Waals surface area contributed by atoms with Crippen LogP contribution < -0.4 is 5.32 Å². The molecule has 7 heteroatoms. The fourth-order valence-electron chi connectivity index (χ4n) is 2.98. The Morgan fingerprint density at radius 1 is 1.27 bits per heavy atom. The molecule has 126 valence electrons. The van der Waals surface area contributed by atoms with E-state index in [9.17, 15) is 9.50 Å². The third-order valence-electron chi connectivity index (χ3n) is 4.26. The highest BCUT2D eigenvalue weighted by Crippen LogP contribution is 2.43. The second kappa shape index (κ2) is 8.69. The fourth-order valence-corrected chi connectivity index (χ4v) is 3.42. The molecule has 1 aromatic carbocycles. The molecule has 3 rings (SSSR count). The molecule has 2 aliphatic rings.